The predicted molar refractivity (Wildman–Crippen MR) is 70.5 cm³/mol. The molecule has 7 heteroatoms. The van der Waals surface area contributed by atoms with Crippen LogP contribution in [0.25, 0.3) is 0 Å². The maximum atomic E-state index is 12.2. The van der Waals surface area contributed by atoms with Gasteiger partial charge >= 0.3 is 0 Å². The number of hydrogen-bond acceptors (Lipinski definition) is 5. The Morgan fingerprint density at radius 1 is 1.22 bits per heavy atom. The molecule has 1 rings (SSSR count). The molecule has 102 valence electrons. The molecule has 0 fully saturated rings. The third kappa shape index (κ3) is 3.74. The molecule has 0 unspecified atom stereocenters. The molecule has 0 aliphatic carbocycles. The molecule has 0 aliphatic rings. The van der Waals surface area contributed by atoms with Crippen molar-refractivity contribution in [2.24, 2.45) is 5.73 Å². The van der Waals surface area contributed by atoms with Gasteiger partial charge in [-0.25, -0.2) is 8.42 Å². The Hall–Kier alpha value is -1.02. The lowest BCUT2D eigenvalue weighted by Crippen LogP contribution is -2.33. The molecular weight excluding hydrogens is 252 g/mol. The van der Waals surface area contributed by atoms with Crippen molar-refractivity contribution in [2.75, 3.05) is 34.2 Å². The van der Waals surface area contributed by atoms with Crippen LogP contribution in [-0.2, 0) is 16.6 Å². The maximum Gasteiger partial charge on any atom is 0.244 e. The fourth-order valence-electron chi connectivity index (χ4n) is 1.33. The maximum absolute atomic E-state index is 12.2. The molecule has 18 heavy (non-hydrogen) atoms. The van der Waals surface area contributed by atoms with Gasteiger partial charge in [-0.1, -0.05) is 0 Å². The largest absolute Gasteiger partial charge is 0.325 e. The van der Waals surface area contributed by atoms with Crippen molar-refractivity contribution in [3.8, 4) is 0 Å². The Morgan fingerprint density at radius 2 is 1.89 bits per heavy atom. The van der Waals surface area contributed by atoms with Gasteiger partial charge in [0.25, 0.3) is 0 Å². The average molecular weight is 272 g/mol. The minimum Gasteiger partial charge on any atom is -0.325 e. The summed E-state index contributed by atoms with van der Waals surface area (Å²) < 4.78 is 25.7. The number of pyridine rings is 1. The third-order valence-electron chi connectivity index (χ3n) is 2.58. The molecule has 1 heterocycles. The van der Waals surface area contributed by atoms with Crippen molar-refractivity contribution in [3.05, 3.63) is 24.0 Å². The molecule has 0 saturated heterocycles. The highest BCUT2D eigenvalue weighted by molar-refractivity contribution is 7.89. The molecule has 2 N–H and O–H groups in total. The average Bonchev–Trinajstić information content (AvgIpc) is 2.35. The van der Waals surface area contributed by atoms with Gasteiger partial charge in [0.1, 0.15) is 4.90 Å². The van der Waals surface area contributed by atoms with E-state index in [1.54, 1.807) is 13.1 Å². The van der Waals surface area contributed by atoms with Crippen LogP contribution in [0.4, 0.5) is 0 Å². The number of rotatable bonds is 6. The van der Waals surface area contributed by atoms with Gasteiger partial charge in [0.15, 0.2) is 0 Å². The molecule has 0 saturated carbocycles. The first-order valence-corrected chi connectivity index (χ1v) is 7.08. The van der Waals surface area contributed by atoms with Crippen LogP contribution in [0.5, 0.6) is 0 Å². The van der Waals surface area contributed by atoms with Crippen LogP contribution >= 0.6 is 0 Å². The van der Waals surface area contributed by atoms with E-state index >= 15 is 0 Å². The number of sulfonamides is 1. The smallest absolute Gasteiger partial charge is 0.244 e. The fourth-order valence-corrected chi connectivity index (χ4v) is 2.43. The summed E-state index contributed by atoms with van der Waals surface area (Å²) in [6.45, 7) is 1.41. The molecular formula is C11H20N4O2S. The van der Waals surface area contributed by atoms with E-state index in [0.29, 0.717) is 25.3 Å². The van der Waals surface area contributed by atoms with E-state index in [2.05, 4.69) is 4.98 Å². The lowest BCUT2D eigenvalue weighted by Gasteiger charge is -2.19. The van der Waals surface area contributed by atoms with E-state index in [1.165, 1.54) is 16.6 Å². The number of aromatic nitrogens is 1. The van der Waals surface area contributed by atoms with E-state index in [1.807, 2.05) is 19.0 Å². The zero-order valence-electron chi connectivity index (χ0n) is 11.0. The van der Waals surface area contributed by atoms with Crippen molar-refractivity contribution in [2.45, 2.75) is 11.4 Å². The van der Waals surface area contributed by atoms with Gasteiger partial charge in [-0.2, -0.15) is 4.31 Å². The topological polar surface area (TPSA) is 79.5 Å². The van der Waals surface area contributed by atoms with Gasteiger partial charge in [0.2, 0.25) is 10.0 Å². The molecule has 0 amide bonds. The molecule has 1 aromatic rings. The lowest BCUT2D eigenvalue weighted by atomic mass is 10.4. The SMILES string of the molecule is CN(C)CCN(C)S(=O)(=O)c1ccc(CN)nc1. The Kier molecular flexibility index (Phi) is 5.21. The number of likely N-dealkylation sites (N-methyl/N-ethyl adjacent to an activating group) is 2. The molecule has 0 atom stereocenters. The molecule has 0 aliphatic heterocycles. The molecule has 0 radical (unpaired) electrons. The molecule has 0 bridgehead atoms. The molecule has 0 spiro atoms. The van der Waals surface area contributed by atoms with Crippen LogP contribution in [0.15, 0.2) is 23.2 Å². The number of nitrogens with zero attached hydrogens (tertiary/aromatic N) is 3. The highest BCUT2D eigenvalue weighted by Gasteiger charge is 2.20. The van der Waals surface area contributed by atoms with E-state index in [4.69, 9.17) is 5.73 Å². The first kappa shape index (κ1) is 15.0. The second-order valence-electron chi connectivity index (χ2n) is 4.32. The van der Waals surface area contributed by atoms with Crippen LogP contribution in [0, 0.1) is 0 Å². The van der Waals surface area contributed by atoms with Crippen molar-refractivity contribution in [1.29, 1.82) is 0 Å². The van der Waals surface area contributed by atoms with Crippen LogP contribution in [0.1, 0.15) is 5.69 Å². The predicted octanol–water partition coefficient (Wildman–Crippen LogP) is -0.278. The van der Waals surface area contributed by atoms with E-state index in [-0.39, 0.29) is 4.90 Å². The Balaban J connectivity index is 2.84. The second-order valence-corrected chi connectivity index (χ2v) is 6.36. The quantitative estimate of drug-likeness (QED) is 0.770. The first-order valence-electron chi connectivity index (χ1n) is 5.64. The normalized spacial score (nSPS) is 12.3. The Bertz CT molecular complexity index is 470. The first-order chi connectivity index (χ1) is 8.37. The zero-order chi connectivity index (χ0) is 13.8. The summed E-state index contributed by atoms with van der Waals surface area (Å²) in [5.74, 6) is 0. The van der Waals surface area contributed by atoms with E-state index in [9.17, 15) is 8.42 Å². The second kappa shape index (κ2) is 6.24. The minimum absolute atomic E-state index is 0.195. The fraction of sp³-hybridized carbons (Fsp3) is 0.545. The van der Waals surface area contributed by atoms with E-state index < -0.39 is 10.0 Å². The summed E-state index contributed by atoms with van der Waals surface area (Å²) in [4.78, 5) is 6.13. The summed E-state index contributed by atoms with van der Waals surface area (Å²) >= 11 is 0. The molecule has 0 aromatic carbocycles. The van der Waals surface area contributed by atoms with Gasteiger partial charge < -0.3 is 10.6 Å². The van der Waals surface area contributed by atoms with Crippen molar-refractivity contribution in [1.82, 2.24) is 14.2 Å². The summed E-state index contributed by atoms with van der Waals surface area (Å²) in [6.07, 6.45) is 1.35. The highest BCUT2D eigenvalue weighted by atomic mass is 32.2. The third-order valence-corrected chi connectivity index (χ3v) is 4.42. The summed E-state index contributed by atoms with van der Waals surface area (Å²) in [6, 6.07) is 3.17. The summed E-state index contributed by atoms with van der Waals surface area (Å²) in [5, 5.41) is 0. The standard InChI is InChI=1S/C11H20N4O2S/c1-14(2)6-7-15(3)18(16,17)11-5-4-10(8-12)13-9-11/h4-5,9H,6-8,12H2,1-3H3. The van der Waals surface area contributed by atoms with Gasteiger partial charge in [-0.3, -0.25) is 4.98 Å². The van der Waals surface area contributed by atoms with Crippen molar-refractivity contribution < 1.29 is 8.42 Å². The number of nitrogens with two attached hydrogens (primary N) is 1. The van der Waals surface area contributed by atoms with Crippen LogP contribution in [0.3, 0.4) is 0 Å². The van der Waals surface area contributed by atoms with Gasteiger partial charge in [-0.15, -0.1) is 0 Å². The lowest BCUT2D eigenvalue weighted by molar-refractivity contribution is 0.358. The van der Waals surface area contributed by atoms with Gasteiger partial charge in [0, 0.05) is 32.9 Å². The van der Waals surface area contributed by atoms with Crippen LogP contribution < -0.4 is 5.73 Å². The number of hydrogen-bond donors (Lipinski definition) is 1. The monoisotopic (exact) mass is 272 g/mol. The summed E-state index contributed by atoms with van der Waals surface area (Å²) in [5.41, 5.74) is 6.09. The minimum atomic E-state index is -3.46. The van der Waals surface area contributed by atoms with Crippen molar-refractivity contribution in [3.63, 3.8) is 0 Å². The molecule has 6 nitrogen and oxygen atoms in total. The Labute approximate surface area is 108 Å². The van der Waals surface area contributed by atoms with Crippen molar-refractivity contribution >= 4 is 10.0 Å². The zero-order valence-corrected chi connectivity index (χ0v) is 11.8. The summed E-state index contributed by atoms with van der Waals surface area (Å²) in [7, 11) is 1.91. The van der Waals surface area contributed by atoms with Gasteiger partial charge in [-0.05, 0) is 26.2 Å². The van der Waals surface area contributed by atoms with Gasteiger partial charge in [0.05, 0.1) is 5.69 Å². The highest BCUT2D eigenvalue weighted by Crippen LogP contribution is 2.13. The van der Waals surface area contributed by atoms with Crippen LogP contribution in [0.2, 0.25) is 0 Å². The molecule has 1 aromatic heterocycles. The van der Waals surface area contributed by atoms with E-state index in [0.717, 1.165) is 0 Å². The van der Waals surface area contributed by atoms with Crippen LogP contribution in [-0.4, -0.2) is 56.8 Å². The Morgan fingerprint density at radius 3 is 2.33 bits per heavy atom.